The van der Waals surface area contributed by atoms with Crippen LogP contribution in [0.1, 0.15) is 11.9 Å². The van der Waals surface area contributed by atoms with Crippen molar-refractivity contribution in [2.75, 3.05) is 19.6 Å². The largest absolute Gasteiger partial charge is 0.382 e. The highest BCUT2D eigenvalue weighted by atomic mass is 19.1. The summed E-state index contributed by atoms with van der Waals surface area (Å²) in [4.78, 5) is 0. The molecule has 4 N–H and O–H groups in total. The van der Waals surface area contributed by atoms with Crippen molar-refractivity contribution in [2.24, 2.45) is 10.8 Å². The first-order chi connectivity index (χ1) is 9.54. The number of nitrogens with zero attached hydrogens (tertiary/aromatic N) is 2. The lowest BCUT2D eigenvalue weighted by Gasteiger charge is -2.15. The van der Waals surface area contributed by atoms with E-state index in [1.54, 1.807) is 12.1 Å². The standard InChI is InChI=1S/C12H14FN5O2/c1-19-12(20-2)7-4-3-5-8(10(7)13)17-18-9(6-14)11(15)16/h3-5,12,17H,1-2H3,(H3,15,16)/b18-9+. The zero-order valence-corrected chi connectivity index (χ0v) is 11.0. The molecule has 1 aromatic carbocycles. The number of ether oxygens (including phenoxy) is 2. The highest BCUT2D eigenvalue weighted by Crippen LogP contribution is 2.25. The molecule has 0 heterocycles. The van der Waals surface area contributed by atoms with Crippen LogP contribution >= 0.6 is 0 Å². The van der Waals surface area contributed by atoms with Crippen molar-refractivity contribution in [3.05, 3.63) is 29.6 Å². The summed E-state index contributed by atoms with van der Waals surface area (Å²) in [5.74, 6) is -1.14. The highest BCUT2D eigenvalue weighted by Gasteiger charge is 2.17. The third kappa shape index (κ3) is 3.50. The maximum Gasteiger partial charge on any atom is 0.201 e. The van der Waals surface area contributed by atoms with Crippen molar-refractivity contribution in [2.45, 2.75) is 6.29 Å². The zero-order chi connectivity index (χ0) is 15.1. The Morgan fingerprint density at radius 2 is 2.15 bits per heavy atom. The Balaban J connectivity index is 3.07. The molecule has 0 radical (unpaired) electrons. The number of halogens is 1. The van der Waals surface area contributed by atoms with E-state index in [2.05, 4.69) is 10.5 Å². The third-order valence-corrected chi connectivity index (χ3v) is 2.36. The Morgan fingerprint density at radius 3 is 2.65 bits per heavy atom. The molecule has 0 atom stereocenters. The first kappa shape index (κ1) is 15.6. The van der Waals surface area contributed by atoms with Gasteiger partial charge >= 0.3 is 0 Å². The van der Waals surface area contributed by atoms with Gasteiger partial charge in [-0.2, -0.15) is 10.4 Å². The normalized spacial score (nSPS) is 11.2. The summed E-state index contributed by atoms with van der Waals surface area (Å²) in [5, 5.41) is 19.3. The van der Waals surface area contributed by atoms with Crippen LogP contribution in [0.2, 0.25) is 0 Å². The van der Waals surface area contributed by atoms with E-state index >= 15 is 0 Å². The average molecular weight is 279 g/mol. The van der Waals surface area contributed by atoms with Crippen molar-refractivity contribution in [3.63, 3.8) is 0 Å². The molecule has 0 aliphatic heterocycles. The first-order valence-electron chi connectivity index (χ1n) is 5.47. The fourth-order valence-electron chi connectivity index (χ4n) is 1.43. The van der Waals surface area contributed by atoms with Gasteiger partial charge < -0.3 is 15.2 Å². The topological polar surface area (TPSA) is 117 Å². The van der Waals surface area contributed by atoms with Crippen molar-refractivity contribution < 1.29 is 13.9 Å². The molecule has 0 amide bonds. The van der Waals surface area contributed by atoms with E-state index in [9.17, 15) is 4.39 Å². The zero-order valence-electron chi connectivity index (χ0n) is 11.0. The van der Waals surface area contributed by atoms with Gasteiger partial charge in [0.05, 0.1) is 5.69 Å². The number of nitriles is 1. The quantitative estimate of drug-likeness (QED) is 0.314. The number of amidine groups is 1. The predicted octanol–water partition coefficient (Wildman–Crippen LogP) is 1.34. The second kappa shape index (κ2) is 7.18. The Labute approximate surface area is 115 Å². The number of nitrogens with two attached hydrogens (primary N) is 1. The minimum Gasteiger partial charge on any atom is -0.382 e. The number of methoxy groups -OCH3 is 2. The van der Waals surface area contributed by atoms with Crippen LogP contribution in [-0.4, -0.2) is 25.8 Å². The molecule has 0 unspecified atom stereocenters. The molecule has 0 aliphatic carbocycles. The Hall–Kier alpha value is -2.50. The summed E-state index contributed by atoms with van der Waals surface area (Å²) in [6.07, 6.45) is -0.857. The molecule has 0 saturated heterocycles. The lowest BCUT2D eigenvalue weighted by Crippen LogP contribution is -2.22. The molecule has 0 bridgehead atoms. The van der Waals surface area contributed by atoms with Crippen LogP contribution < -0.4 is 11.2 Å². The number of anilines is 1. The smallest absolute Gasteiger partial charge is 0.201 e. The minimum absolute atomic E-state index is 0.00981. The van der Waals surface area contributed by atoms with Gasteiger partial charge in [-0.15, -0.1) is 0 Å². The van der Waals surface area contributed by atoms with Crippen molar-refractivity contribution >= 4 is 17.2 Å². The van der Waals surface area contributed by atoms with Gasteiger partial charge in [-0.25, -0.2) is 4.39 Å². The van der Waals surface area contributed by atoms with Crippen LogP contribution in [0, 0.1) is 22.6 Å². The lowest BCUT2D eigenvalue weighted by molar-refractivity contribution is -0.107. The van der Waals surface area contributed by atoms with Crippen LogP contribution in [0.4, 0.5) is 10.1 Å². The van der Waals surface area contributed by atoms with Crippen LogP contribution in [-0.2, 0) is 9.47 Å². The van der Waals surface area contributed by atoms with E-state index in [0.29, 0.717) is 0 Å². The maximum absolute atomic E-state index is 14.2. The first-order valence-corrected chi connectivity index (χ1v) is 5.47. The molecule has 8 heteroatoms. The van der Waals surface area contributed by atoms with Crippen LogP contribution in [0.25, 0.3) is 0 Å². The molecule has 0 aliphatic rings. The van der Waals surface area contributed by atoms with Gasteiger partial charge in [0.2, 0.25) is 5.71 Å². The fraction of sp³-hybridized carbons (Fsp3) is 0.250. The fourth-order valence-corrected chi connectivity index (χ4v) is 1.43. The molecule has 106 valence electrons. The summed E-state index contributed by atoms with van der Waals surface area (Å²) in [6.45, 7) is 0. The molecule has 20 heavy (non-hydrogen) atoms. The van der Waals surface area contributed by atoms with E-state index in [4.69, 9.17) is 25.9 Å². The van der Waals surface area contributed by atoms with Gasteiger partial charge in [0.15, 0.2) is 17.9 Å². The minimum atomic E-state index is -0.857. The van der Waals surface area contributed by atoms with Gasteiger partial charge in [-0.3, -0.25) is 10.8 Å². The van der Waals surface area contributed by atoms with Crippen molar-refractivity contribution in [1.29, 1.82) is 10.7 Å². The summed E-state index contributed by atoms with van der Waals surface area (Å²) < 4.78 is 24.1. The number of hydrazone groups is 1. The maximum atomic E-state index is 14.2. The van der Waals surface area contributed by atoms with E-state index in [1.807, 2.05) is 0 Å². The van der Waals surface area contributed by atoms with Gasteiger partial charge in [0, 0.05) is 19.8 Å². The predicted molar refractivity (Wildman–Crippen MR) is 71.7 cm³/mol. The van der Waals surface area contributed by atoms with Crippen LogP contribution in [0.15, 0.2) is 23.3 Å². The van der Waals surface area contributed by atoms with Crippen LogP contribution in [0.3, 0.4) is 0 Å². The SMILES string of the molecule is COC(OC)c1cccc(N/N=C(\C#N)C(=N)N)c1F. The number of rotatable bonds is 6. The molecule has 0 saturated carbocycles. The van der Waals surface area contributed by atoms with Gasteiger partial charge in [-0.05, 0) is 6.07 Å². The Kier molecular flexibility index (Phi) is 5.58. The monoisotopic (exact) mass is 279 g/mol. The number of hydrogen-bond acceptors (Lipinski definition) is 6. The molecule has 1 rings (SSSR count). The van der Waals surface area contributed by atoms with Crippen molar-refractivity contribution in [1.82, 2.24) is 0 Å². The van der Waals surface area contributed by atoms with E-state index < -0.39 is 17.9 Å². The van der Waals surface area contributed by atoms with Gasteiger partial charge in [-0.1, -0.05) is 12.1 Å². The Morgan fingerprint density at radius 1 is 1.50 bits per heavy atom. The van der Waals surface area contributed by atoms with Gasteiger partial charge in [0.25, 0.3) is 0 Å². The molecule has 0 spiro atoms. The highest BCUT2D eigenvalue weighted by molar-refractivity contribution is 6.45. The molecule has 0 fully saturated rings. The van der Waals surface area contributed by atoms with Gasteiger partial charge in [0.1, 0.15) is 6.07 Å². The summed E-state index contributed by atoms with van der Waals surface area (Å²) >= 11 is 0. The second-order valence-corrected chi connectivity index (χ2v) is 3.61. The number of nitrogens with one attached hydrogen (secondary N) is 2. The lowest BCUT2D eigenvalue weighted by atomic mass is 10.2. The molecule has 7 nitrogen and oxygen atoms in total. The molecular formula is C12H14FN5O2. The third-order valence-electron chi connectivity index (χ3n) is 2.36. The summed E-state index contributed by atoms with van der Waals surface area (Å²) in [7, 11) is 2.77. The number of benzene rings is 1. The average Bonchev–Trinajstić information content (AvgIpc) is 2.43. The molecule has 0 aromatic heterocycles. The molecule has 1 aromatic rings. The van der Waals surface area contributed by atoms with Crippen LogP contribution in [0.5, 0.6) is 0 Å². The van der Waals surface area contributed by atoms with E-state index in [-0.39, 0.29) is 17.0 Å². The Bertz CT molecular complexity index is 563. The van der Waals surface area contributed by atoms with Crippen molar-refractivity contribution in [3.8, 4) is 6.07 Å². The second-order valence-electron chi connectivity index (χ2n) is 3.61. The van der Waals surface area contributed by atoms with E-state index in [0.717, 1.165) is 0 Å². The van der Waals surface area contributed by atoms with E-state index in [1.165, 1.54) is 26.4 Å². The molecular weight excluding hydrogens is 265 g/mol. The summed E-state index contributed by atoms with van der Waals surface area (Å²) in [5.41, 5.74) is 7.32. The number of hydrogen-bond donors (Lipinski definition) is 3. The summed E-state index contributed by atoms with van der Waals surface area (Å²) in [6, 6.07) is 6.10.